The number of halogens is 3. The molecule has 2 aromatic carbocycles. The number of benzene rings is 2. The van der Waals surface area contributed by atoms with Crippen molar-refractivity contribution in [3.05, 3.63) is 59.9 Å². The van der Waals surface area contributed by atoms with E-state index in [4.69, 9.17) is 10.5 Å². The molecule has 2 N–H and O–H groups in total. The Morgan fingerprint density at radius 1 is 1.17 bits per heavy atom. The molecule has 0 aromatic heterocycles. The molecule has 0 radical (unpaired) electrons. The fourth-order valence-corrected chi connectivity index (χ4v) is 3.49. The van der Waals surface area contributed by atoms with E-state index < -0.39 is 42.1 Å². The Morgan fingerprint density at radius 2 is 1.83 bits per heavy atom. The van der Waals surface area contributed by atoms with Gasteiger partial charge in [-0.05, 0) is 38.3 Å². The summed E-state index contributed by atoms with van der Waals surface area (Å²) in [4.78, 5) is 13.4. The highest BCUT2D eigenvalue weighted by molar-refractivity contribution is 5.70. The first kappa shape index (κ1) is 21.2. The first-order valence-corrected chi connectivity index (χ1v) is 9.45. The van der Waals surface area contributed by atoms with Crippen molar-refractivity contribution < 1.29 is 22.7 Å². The van der Waals surface area contributed by atoms with Crippen LogP contribution in [0.2, 0.25) is 0 Å². The maximum atomic E-state index is 15.2. The summed E-state index contributed by atoms with van der Waals surface area (Å²) in [6, 6.07) is 11.1. The summed E-state index contributed by atoms with van der Waals surface area (Å²) in [5.41, 5.74) is 6.19. The van der Waals surface area contributed by atoms with Crippen molar-refractivity contribution in [2.75, 3.05) is 6.54 Å². The molecule has 0 aliphatic carbocycles. The third kappa shape index (κ3) is 4.56. The minimum atomic E-state index is -3.28. The van der Waals surface area contributed by atoms with Crippen LogP contribution in [-0.4, -0.2) is 41.1 Å². The molecule has 0 bridgehead atoms. The van der Waals surface area contributed by atoms with E-state index in [9.17, 15) is 13.6 Å². The molecule has 156 valence electrons. The first-order chi connectivity index (χ1) is 13.5. The van der Waals surface area contributed by atoms with Crippen LogP contribution >= 0.6 is 0 Å². The third-order valence-corrected chi connectivity index (χ3v) is 4.90. The predicted molar refractivity (Wildman–Crippen MR) is 105 cm³/mol. The van der Waals surface area contributed by atoms with Gasteiger partial charge in [0.15, 0.2) is 0 Å². The van der Waals surface area contributed by atoms with Crippen molar-refractivity contribution in [1.29, 1.82) is 0 Å². The maximum Gasteiger partial charge on any atom is 0.410 e. The maximum absolute atomic E-state index is 15.2. The van der Waals surface area contributed by atoms with Crippen molar-refractivity contribution in [3.63, 3.8) is 0 Å². The van der Waals surface area contributed by atoms with E-state index in [1.807, 2.05) is 6.07 Å². The quantitative estimate of drug-likeness (QED) is 0.809. The second kappa shape index (κ2) is 7.71. The number of hydrogen-bond acceptors (Lipinski definition) is 3. The molecule has 0 spiro atoms. The molecule has 1 aliphatic heterocycles. The molecule has 2 aromatic rings. The van der Waals surface area contributed by atoms with Crippen molar-refractivity contribution in [2.24, 2.45) is 5.73 Å². The fourth-order valence-electron chi connectivity index (χ4n) is 3.49. The Hall–Kier alpha value is -2.54. The monoisotopic (exact) mass is 406 g/mol. The van der Waals surface area contributed by atoms with Crippen LogP contribution < -0.4 is 5.73 Å². The van der Waals surface area contributed by atoms with Crippen LogP contribution in [0.3, 0.4) is 0 Å². The van der Waals surface area contributed by atoms with E-state index in [-0.39, 0.29) is 12.0 Å². The number of amides is 1. The average Bonchev–Trinajstić information content (AvgIpc) is 2.86. The van der Waals surface area contributed by atoms with Crippen LogP contribution in [0.4, 0.5) is 18.0 Å². The lowest BCUT2D eigenvalue weighted by Crippen LogP contribution is -2.48. The Morgan fingerprint density at radius 3 is 2.45 bits per heavy atom. The van der Waals surface area contributed by atoms with E-state index in [1.54, 1.807) is 57.2 Å². The normalized spacial score (nSPS) is 21.3. The number of rotatable bonds is 3. The van der Waals surface area contributed by atoms with Crippen LogP contribution in [0.25, 0.3) is 11.1 Å². The minimum Gasteiger partial charge on any atom is -0.444 e. The number of ether oxygens (including phenoxy) is 1. The molecule has 1 amide bonds. The summed E-state index contributed by atoms with van der Waals surface area (Å²) < 4.78 is 49.0. The predicted octanol–water partition coefficient (Wildman–Crippen LogP) is 4.62. The van der Waals surface area contributed by atoms with Gasteiger partial charge >= 0.3 is 6.09 Å². The Labute approximate surface area is 168 Å². The lowest BCUT2D eigenvalue weighted by atomic mass is 9.95. The Balaban J connectivity index is 1.91. The molecule has 1 aliphatic rings. The van der Waals surface area contributed by atoms with Gasteiger partial charge in [0.2, 0.25) is 0 Å². The van der Waals surface area contributed by atoms with Gasteiger partial charge in [-0.3, -0.25) is 4.90 Å². The zero-order valence-electron chi connectivity index (χ0n) is 16.7. The van der Waals surface area contributed by atoms with E-state index in [2.05, 4.69) is 0 Å². The van der Waals surface area contributed by atoms with Gasteiger partial charge < -0.3 is 10.5 Å². The highest BCUT2D eigenvalue weighted by atomic mass is 19.3. The molecular weight excluding hydrogens is 381 g/mol. The molecule has 1 heterocycles. The Bertz CT molecular complexity index is 881. The van der Waals surface area contributed by atoms with Crippen LogP contribution in [0.5, 0.6) is 0 Å². The number of alkyl halides is 2. The molecule has 3 rings (SSSR count). The largest absolute Gasteiger partial charge is 0.444 e. The number of carbonyl (C=O) groups excluding carboxylic acids is 1. The van der Waals surface area contributed by atoms with E-state index in [0.717, 1.165) is 4.90 Å². The SMILES string of the molecule is CC(C)(C)OC(=O)N1CC(F)(F)C(N)[C@H]1Cc1cccc(-c2ccccc2)c1F. The smallest absolute Gasteiger partial charge is 0.410 e. The molecule has 4 nitrogen and oxygen atoms in total. The van der Waals surface area contributed by atoms with E-state index >= 15 is 4.39 Å². The average molecular weight is 406 g/mol. The van der Waals surface area contributed by atoms with Crippen molar-refractivity contribution >= 4 is 6.09 Å². The van der Waals surface area contributed by atoms with Gasteiger partial charge in [-0.25, -0.2) is 18.0 Å². The number of hydrogen-bond donors (Lipinski definition) is 1. The van der Waals surface area contributed by atoms with Crippen molar-refractivity contribution in [3.8, 4) is 11.1 Å². The number of carbonyl (C=O) groups is 1. The zero-order valence-corrected chi connectivity index (χ0v) is 16.7. The van der Waals surface area contributed by atoms with E-state index in [1.165, 1.54) is 6.07 Å². The van der Waals surface area contributed by atoms with Crippen LogP contribution in [-0.2, 0) is 11.2 Å². The van der Waals surface area contributed by atoms with Crippen LogP contribution in [0.15, 0.2) is 48.5 Å². The molecule has 1 saturated heterocycles. The summed E-state index contributed by atoms with van der Waals surface area (Å²) in [6.45, 7) is 4.10. The molecule has 1 unspecified atom stereocenters. The van der Waals surface area contributed by atoms with Gasteiger partial charge in [0, 0.05) is 5.56 Å². The van der Waals surface area contributed by atoms with Crippen molar-refractivity contribution in [2.45, 2.75) is 50.8 Å². The standard InChI is InChI=1S/C22H25F3N2O2/c1-21(2,3)29-20(28)27-13-22(24,25)19(26)17(27)12-15-10-7-11-16(18(15)23)14-8-5-4-6-9-14/h4-11,17,19H,12-13,26H2,1-3H3/t17-,19?/m1/s1. The number of nitrogens with two attached hydrogens (primary N) is 1. The van der Waals surface area contributed by atoms with Gasteiger partial charge in [0.05, 0.1) is 18.6 Å². The number of likely N-dealkylation sites (tertiary alicyclic amines) is 1. The number of nitrogens with zero attached hydrogens (tertiary/aromatic N) is 1. The second-order valence-electron chi connectivity index (χ2n) is 8.31. The van der Waals surface area contributed by atoms with Crippen molar-refractivity contribution in [1.82, 2.24) is 4.90 Å². The van der Waals surface area contributed by atoms with E-state index in [0.29, 0.717) is 11.1 Å². The molecule has 0 saturated carbocycles. The summed E-state index contributed by atoms with van der Waals surface area (Å²) in [7, 11) is 0. The summed E-state index contributed by atoms with van der Waals surface area (Å²) in [6.07, 6.45) is -1.02. The lowest BCUT2D eigenvalue weighted by Gasteiger charge is -2.29. The zero-order chi connectivity index (χ0) is 21.4. The van der Waals surface area contributed by atoms with Crippen LogP contribution in [0, 0.1) is 5.82 Å². The second-order valence-corrected chi connectivity index (χ2v) is 8.31. The summed E-state index contributed by atoms with van der Waals surface area (Å²) >= 11 is 0. The highest BCUT2D eigenvalue weighted by Crippen LogP contribution is 2.35. The fraction of sp³-hybridized carbons (Fsp3) is 0.409. The first-order valence-electron chi connectivity index (χ1n) is 9.45. The van der Waals surface area contributed by atoms with Crippen LogP contribution in [0.1, 0.15) is 26.3 Å². The topological polar surface area (TPSA) is 55.6 Å². The molecular formula is C22H25F3N2O2. The Kier molecular flexibility index (Phi) is 5.63. The summed E-state index contributed by atoms with van der Waals surface area (Å²) in [5, 5.41) is 0. The highest BCUT2D eigenvalue weighted by Gasteiger charge is 2.55. The van der Waals surface area contributed by atoms with Gasteiger partial charge in [0.25, 0.3) is 5.92 Å². The lowest BCUT2D eigenvalue weighted by molar-refractivity contribution is -0.00942. The van der Waals surface area contributed by atoms with Gasteiger partial charge in [-0.2, -0.15) is 0 Å². The summed E-state index contributed by atoms with van der Waals surface area (Å²) in [5.74, 6) is -3.79. The van der Waals surface area contributed by atoms with Gasteiger partial charge in [-0.15, -0.1) is 0 Å². The molecule has 2 atom stereocenters. The van der Waals surface area contributed by atoms with Gasteiger partial charge in [0.1, 0.15) is 11.4 Å². The third-order valence-electron chi connectivity index (χ3n) is 4.90. The molecule has 1 fully saturated rings. The molecule has 7 heteroatoms. The molecule has 29 heavy (non-hydrogen) atoms. The minimum absolute atomic E-state index is 0.136. The van der Waals surface area contributed by atoms with Gasteiger partial charge in [-0.1, -0.05) is 48.5 Å².